The van der Waals surface area contributed by atoms with Crippen LogP contribution in [-0.4, -0.2) is 61.9 Å². The summed E-state index contributed by atoms with van der Waals surface area (Å²) in [7, 11) is 0. The molecule has 116 heavy (non-hydrogen) atoms. The molecule has 0 aliphatic rings. The first-order chi connectivity index (χ1) is 52.6. The van der Waals surface area contributed by atoms with E-state index in [1.165, 1.54) is 38.9 Å². The van der Waals surface area contributed by atoms with Crippen molar-refractivity contribution in [3.8, 4) is 0 Å². The molecule has 0 N–H and O–H groups in total. The van der Waals surface area contributed by atoms with Gasteiger partial charge in [0.2, 0.25) is 0 Å². The molecule has 0 saturated carbocycles. The van der Waals surface area contributed by atoms with Gasteiger partial charge in [-0.25, -0.2) is 0 Å². The van der Waals surface area contributed by atoms with Crippen LogP contribution in [0.4, 0.5) is 0 Å². The Bertz CT molecular complexity index is 6920. The zero-order valence-electron chi connectivity index (χ0n) is 69.1. The number of aryl methyl sites for hydroxylation is 2. The van der Waals surface area contributed by atoms with Gasteiger partial charge in [0.05, 0.1) is 83.4 Å². The Labute approximate surface area is 746 Å². The van der Waals surface area contributed by atoms with Crippen LogP contribution in [0.15, 0.2) is 207 Å². The molecule has 0 fully saturated rings. The van der Waals surface area contributed by atoms with E-state index in [1.54, 1.807) is 0 Å². The van der Waals surface area contributed by atoms with Crippen LogP contribution in [0.2, 0.25) is 0 Å². The molecule has 8 aromatic carbocycles. The summed E-state index contributed by atoms with van der Waals surface area (Å²) < 4.78 is 11.0. The van der Waals surface area contributed by atoms with Crippen molar-refractivity contribution in [2.75, 3.05) is 0 Å². The summed E-state index contributed by atoms with van der Waals surface area (Å²) in [5, 5.41) is 7.47. The second-order valence-electron chi connectivity index (χ2n) is 35.7. The second kappa shape index (κ2) is 33.2. The summed E-state index contributed by atoms with van der Waals surface area (Å²) in [5.74, 6) is 1.03. The summed E-state index contributed by atoms with van der Waals surface area (Å²) in [6.45, 7) is 44.0. The number of aromatic nitrogens is 13. The fraction of sp³-hybridized carbons (Fsp3) is 0.265. The summed E-state index contributed by atoms with van der Waals surface area (Å²) >= 11 is 0. The number of fused-ring (bicyclic) bond motifs is 25. The number of hydrogen-bond donors (Lipinski definition) is 0. The quantitative estimate of drug-likeness (QED) is 0.137. The largest absolute Gasteiger partial charge is 0.348 e. The van der Waals surface area contributed by atoms with E-state index in [4.69, 9.17) is 39.9 Å². The topological polar surface area (TPSA) is 125 Å². The van der Waals surface area contributed by atoms with E-state index >= 15 is 0 Å². The van der Waals surface area contributed by atoms with Crippen molar-refractivity contribution >= 4 is 138 Å². The van der Waals surface area contributed by atoms with Crippen LogP contribution in [-0.2, 0) is 133 Å². The van der Waals surface area contributed by atoms with Crippen molar-refractivity contribution < 1.29 is 101 Å². The molecular weight excluding hydrogens is 2320 g/mol. The fourth-order valence-electron chi connectivity index (χ4n) is 14.8. The average molecular weight is 2420 g/mol. The zero-order valence-corrected chi connectivity index (χ0v) is 81.1. The minimum absolute atomic E-state index is 0. The first-order valence-electron chi connectivity index (χ1n) is 38.4. The average Bonchev–Trinajstić information content (AvgIpc) is 1.57. The van der Waals surface area contributed by atoms with Crippen LogP contribution in [0.25, 0.3) is 138 Å². The van der Waals surface area contributed by atoms with Crippen molar-refractivity contribution in [3.05, 3.63) is 282 Å². The maximum atomic E-state index is 4.96. The van der Waals surface area contributed by atoms with Crippen molar-refractivity contribution in [2.24, 2.45) is 0 Å². The van der Waals surface area contributed by atoms with Gasteiger partial charge in [-0.2, -0.15) is 0 Å². The Balaban J connectivity index is 0.000000141. The van der Waals surface area contributed by atoms with Crippen molar-refractivity contribution in [1.29, 1.82) is 0 Å². The van der Waals surface area contributed by atoms with Gasteiger partial charge in [-0.15, -0.1) is 119 Å². The van der Waals surface area contributed by atoms with Gasteiger partial charge in [-0.1, -0.05) is 208 Å². The zero-order chi connectivity index (χ0) is 78.2. The number of imidazole rings is 5. The fourth-order valence-corrected chi connectivity index (χ4v) is 14.8. The standard InChI is InChI=1S/C22H24N3.C20H20N3.2C19H17N2.C18H16N3.5Ir/c1-21(2,3)18-12-11-14-16(23-18)13-19(22(4,5)6)25-17-10-8-7-9-15(17)24-20(14)25;1-12-10-16-17(11-13(12)2)23-9-8-15-14(19(23)22-16)6-7-18(21-15)20(3,4)5;1-19(2,3)17-12-13-8-4-5-9-14(13)18-20-15-10-6-7-11-16(15)21(17)18;1-19(2,3)14-8-9-16-17(12-14)21-11-10-13-6-4-5-7-15(13)18(21)20-16;1-18(2,3)17-20-13-9-5-4-8-12(13)16-19-14-10-6-7-11-15(14)21(16)17;;;;;/h7-10,12-13H,1-6H3;7-11H,1-5H3;4-8,10-12H,1-3H3;4-6,8-12H,1-3H3;4-7,9-11H,1-3H3;;;;;/q5*-1;;;;;. The Kier molecular flexibility index (Phi) is 25.2. The molecule has 12 heterocycles. The van der Waals surface area contributed by atoms with Gasteiger partial charge in [-0.05, 0) is 148 Å². The normalized spacial score (nSPS) is 12.1. The van der Waals surface area contributed by atoms with Crippen molar-refractivity contribution in [2.45, 2.75) is 171 Å². The van der Waals surface area contributed by atoms with E-state index in [0.717, 1.165) is 144 Å². The Morgan fingerprint density at radius 2 is 0.664 bits per heavy atom. The van der Waals surface area contributed by atoms with Crippen LogP contribution in [0, 0.1) is 44.2 Å². The molecular formula is C98H94Ir5N13-5. The van der Waals surface area contributed by atoms with E-state index in [9.17, 15) is 0 Å². The third-order valence-corrected chi connectivity index (χ3v) is 21.0. The summed E-state index contributed by atoms with van der Waals surface area (Å²) in [5.41, 5.74) is 27.1. The maximum Gasteiger partial charge on any atom is 0.102 e. The molecule has 20 rings (SSSR count). The second-order valence-corrected chi connectivity index (χ2v) is 35.7. The van der Waals surface area contributed by atoms with E-state index in [-0.39, 0.29) is 133 Å². The third kappa shape index (κ3) is 16.6. The molecule has 0 aliphatic heterocycles. The van der Waals surface area contributed by atoms with E-state index in [1.807, 2.05) is 84.9 Å². The summed E-state index contributed by atoms with van der Waals surface area (Å²) in [6.07, 6.45) is 4.17. The number of rotatable bonds is 0. The molecule has 12 aromatic heterocycles. The van der Waals surface area contributed by atoms with Gasteiger partial charge in [-0.3, -0.25) is 29.9 Å². The van der Waals surface area contributed by atoms with Gasteiger partial charge in [0.15, 0.2) is 0 Å². The molecule has 601 valence electrons. The number of hydrogen-bond acceptors (Lipinski definition) is 8. The van der Waals surface area contributed by atoms with Crippen LogP contribution in [0.1, 0.15) is 170 Å². The molecule has 0 atom stereocenters. The van der Waals surface area contributed by atoms with Crippen LogP contribution < -0.4 is 0 Å². The van der Waals surface area contributed by atoms with Gasteiger partial charge in [0.1, 0.15) is 5.82 Å². The van der Waals surface area contributed by atoms with Crippen molar-refractivity contribution in [3.63, 3.8) is 0 Å². The van der Waals surface area contributed by atoms with Gasteiger partial charge in [0, 0.05) is 128 Å². The van der Waals surface area contributed by atoms with Crippen LogP contribution >= 0.6 is 0 Å². The smallest absolute Gasteiger partial charge is 0.102 e. The maximum absolute atomic E-state index is 4.96. The SMILES string of the molecule is CC(C)(C)c1c[c-]c2c(cc(C(C)(C)C)n3c4ccccc4nc23)n1.CC(C)(C)c1cc2ccc[c-]c2c2nc3ccccc3n12.CC(C)(C)c1ccc2nc3c4[c-]cccc4ccn3c2c1.CC(C)(C)c1nc2ccc[c-]c2c2nc3ccccc3n12.Cc1cc2nc3c4[c-]cc(C(C)(C)C)nc4ccn3c2cc1C.[Ir].[Ir].[Ir].[Ir].[Ir]. The van der Waals surface area contributed by atoms with Crippen LogP contribution in [0.5, 0.6) is 0 Å². The summed E-state index contributed by atoms with van der Waals surface area (Å²) in [4.78, 5) is 38.8. The Hall–Kier alpha value is -8.71. The van der Waals surface area contributed by atoms with E-state index in [0.29, 0.717) is 0 Å². The predicted octanol–water partition coefficient (Wildman–Crippen LogP) is 23.8. The number of nitrogens with zero attached hydrogens (tertiary/aromatic N) is 13. The van der Waals surface area contributed by atoms with E-state index < -0.39 is 0 Å². The minimum Gasteiger partial charge on any atom is -0.348 e. The molecule has 0 bridgehead atoms. The molecule has 0 aliphatic carbocycles. The van der Waals surface area contributed by atoms with Gasteiger partial charge in [0.25, 0.3) is 0 Å². The Morgan fingerprint density at radius 3 is 1.21 bits per heavy atom. The minimum atomic E-state index is -0.0637. The molecule has 0 saturated heterocycles. The first-order valence-corrected chi connectivity index (χ1v) is 38.4. The number of para-hydroxylation sites is 6. The van der Waals surface area contributed by atoms with Crippen molar-refractivity contribution in [1.82, 2.24) is 61.9 Å². The molecule has 0 amide bonds. The predicted molar refractivity (Wildman–Crippen MR) is 460 cm³/mol. The van der Waals surface area contributed by atoms with Gasteiger partial charge < -0.3 is 32.0 Å². The molecule has 5 radical (unpaired) electrons. The summed E-state index contributed by atoms with van der Waals surface area (Å²) in [6, 6.07) is 83.4. The molecule has 18 heteroatoms. The number of pyridine rings is 6. The number of benzene rings is 8. The monoisotopic (exact) mass is 2420 g/mol. The molecule has 0 unspecified atom stereocenters. The Morgan fingerprint density at radius 1 is 0.267 bits per heavy atom. The third-order valence-electron chi connectivity index (χ3n) is 21.0. The first kappa shape index (κ1) is 88.1. The molecule has 13 nitrogen and oxygen atoms in total. The molecule has 0 spiro atoms. The van der Waals surface area contributed by atoms with Gasteiger partial charge >= 0.3 is 0 Å². The van der Waals surface area contributed by atoms with Crippen LogP contribution in [0.3, 0.4) is 0 Å². The molecule has 20 aromatic rings. The van der Waals surface area contributed by atoms with E-state index in [2.05, 4.69) is 312 Å².